The summed E-state index contributed by atoms with van der Waals surface area (Å²) in [7, 11) is -2.24. The van der Waals surface area contributed by atoms with Crippen LogP contribution in [0.3, 0.4) is 0 Å². The SMILES string of the molecule is COc1ccc(S(=O)(=O)Nc2cc(-n3ccnc3C)ncn2)cc1. The van der Waals surface area contributed by atoms with E-state index in [2.05, 4.69) is 19.7 Å². The summed E-state index contributed by atoms with van der Waals surface area (Å²) in [4.78, 5) is 12.3. The number of hydrogen-bond acceptors (Lipinski definition) is 6. The molecule has 0 fully saturated rings. The van der Waals surface area contributed by atoms with Crippen LogP contribution in [0, 0.1) is 6.92 Å². The fourth-order valence-electron chi connectivity index (χ4n) is 2.11. The molecule has 8 nitrogen and oxygen atoms in total. The lowest BCUT2D eigenvalue weighted by molar-refractivity contribution is 0.414. The van der Waals surface area contributed by atoms with Gasteiger partial charge in [0.05, 0.1) is 12.0 Å². The molecule has 3 rings (SSSR count). The predicted octanol–water partition coefficient (Wildman–Crippen LogP) is 1.78. The van der Waals surface area contributed by atoms with E-state index in [1.807, 2.05) is 6.92 Å². The zero-order chi connectivity index (χ0) is 17.2. The number of benzene rings is 1. The third-order valence-corrected chi connectivity index (χ3v) is 4.70. The number of hydrogen-bond donors (Lipinski definition) is 1. The van der Waals surface area contributed by atoms with Crippen LogP contribution < -0.4 is 9.46 Å². The van der Waals surface area contributed by atoms with Gasteiger partial charge in [-0.15, -0.1) is 0 Å². The van der Waals surface area contributed by atoms with Gasteiger partial charge in [0.1, 0.15) is 29.5 Å². The first kappa shape index (κ1) is 15.9. The van der Waals surface area contributed by atoms with Gasteiger partial charge in [-0.1, -0.05) is 0 Å². The highest BCUT2D eigenvalue weighted by Gasteiger charge is 2.15. The van der Waals surface area contributed by atoms with E-state index in [0.717, 1.165) is 5.82 Å². The number of nitrogens with one attached hydrogen (secondary N) is 1. The van der Waals surface area contributed by atoms with Crippen LogP contribution in [0.15, 0.2) is 53.9 Å². The standard InChI is InChI=1S/C15H15N5O3S/c1-11-16-7-8-20(11)15-9-14(17-10-18-15)19-24(21,22)13-5-3-12(23-2)4-6-13/h3-10H,1-2H3,(H,17,18,19). The van der Waals surface area contributed by atoms with Crippen molar-refractivity contribution in [3.8, 4) is 11.6 Å². The lowest BCUT2D eigenvalue weighted by atomic mass is 10.3. The summed E-state index contributed by atoms with van der Waals surface area (Å²) in [5.74, 6) is 2.00. The Morgan fingerprint density at radius 3 is 2.50 bits per heavy atom. The van der Waals surface area contributed by atoms with Crippen molar-refractivity contribution >= 4 is 15.8 Å². The molecule has 9 heteroatoms. The topological polar surface area (TPSA) is 99.0 Å². The number of ether oxygens (including phenoxy) is 1. The van der Waals surface area contributed by atoms with Gasteiger partial charge >= 0.3 is 0 Å². The molecular formula is C15H15N5O3S. The van der Waals surface area contributed by atoms with E-state index in [9.17, 15) is 8.42 Å². The molecule has 1 N–H and O–H groups in total. The van der Waals surface area contributed by atoms with E-state index in [0.29, 0.717) is 11.6 Å². The van der Waals surface area contributed by atoms with Gasteiger partial charge in [-0.2, -0.15) is 0 Å². The van der Waals surface area contributed by atoms with Crippen molar-refractivity contribution in [2.75, 3.05) is 11.8 Å². The van der Waals surface area contributed by atoms with Gasteiger partial charge in [-0.05, 0) is 31.2 Å². The van der Waals surface area contributed by atoms with Crippen molar-refractivity contribution < 1.29 is 13.2 Å². The maximum atomic E-state index is 12.4. The fourth-order valence-corrected chi connectivity index (χ4v) is 3.11. The first-order valence-electron chi connectivity index (χ1n) is 6.99. The van der Waals surface area contributed by atoms with Gasteiger partial charge in [0.25, 0.3) is 10.0 Å². The van der Waals surface area contributed by atoms with Gasteiger partial charge in [0, 0.05) is 18.5 Å². The highest BCUT2D eigenvalue weighted by Crippen LogP contribution is 2.19. The van der Waals surface area contributed by atoms with Crippen molar-refractivity contribution in [3.63, 3.8) is 0 Å². The van der Waals surface area contributed by atoms with Crippen LogP contribution >= 0.6 is 0 Å². The summed E-state index contributed by atoms with van der Waals surface area (Å²) in [6.45, 7) is 1.82. The average Bonchev–Trinajstić information content (AvgIpc) is 3.01. The third-order valence-electron chi connectivity index (χ3n) is 3.33. The van der Waals surface area contributed by atoms with E-state index in [-0.39, 0.29) is 10.7 Å². The number of aromatic nitrogens is 4. The minimum absolute atomic E-state index is 0.113. The molecule has 0 bridgehead atoms. The van der Waals surface area contributed by atoms with E-state index >= 15 is 0 Å². The van der Waals surface area contributed by atoms with Crippen LogP contribution in [0.25, 0.3) is 5.82 Å². The molecular weight excluding hydrogens is 330 g/mol. The van der Waals surface area contributed by atoms with Crippen molar-refractivity contribution in [2.45, 2.75) is 11.8 Å². The summed E-state index contributed by atoms with van der Waals surface area (Å²) in [6.07, 6.45) is 4.67. The molecule has 2 aromatic heterocycles. The van der Waals surface area contributed by atoms with E-state index < -0.39 is 10.0 Å². The Morgan fingerprint density at radius 1 is 1.12 bits per heavy atom. The maximum absolute atomic E-state index is 12.4. The molecule has 124 valence electrons. The van der Waals surface area contributed by atoms with Crippen LogP contribution in [0.2, 0.25) is 0 Å². The Bertz CT molecular complexity index is 951. The summed E-state index contributed by atoms with van der Waals surface area (Å²) < 4.78 is 34.1. The molecule has 0 radical (unpaired) electrons. The van der Waals surface area contributed by atoms with Crippen LogP contribution in [0.5, 0.6) is 5.75 Å². The van der Waals surface area contributed by atoms with Gasteiger partial charge in [-0.25, -0.2) is 23.4 Å². The van der Waals surface area contributed by atoms with E-state index in [4.69, 9.17) is 4.74 Å². The zero-order valence-corrected chi connectivity index (χ0v) is 13.9. The molecule has 0 amide bonds. The maximum Gasteiger partial charge on any atom is 0.263 e. The summed E-state index contributed by atoms with van der Waals surface area (Å²) in [6, 6.07) is 7.62. The predicted molar refractivity (Wildman–Crippen MR) is 87.7 cm³/mol. The monoisotopic (exact) mass is 345 g/mol. The highest BCUT2D eigenvalue weighted by molar-refractivity contribution is 7.92. The zero-order valence-electron chi connectivity index (χ0n) is 13.0. The Balaban J connectivity index is 1.88. The summed E-state index contributed by atoms with van der Waals surface area (Å²) in [5.41, 5.74) is 0. The molecule has 0 spiro atoms. The number of imidazole rings is 1. The average molecular weight is 345 g/mol. The number of rotatable bonds is 5. The summed E-state index contributed by atoms with van der Waals surface area (Å²) in [5, 5.41) is 0. The van der Waals surface area contributed by atoms with E-state index in [1.54, 1.807) is 29.1 Å². The number of anilines is 1. The minimum Gasteiger partial charge on any atom is -0.497 e. The molecule has 2 heterocycles. The van der Waals surface area contributed by atoms with Crippen LogP contribution in [0.4, 0.5) is 5.82 Å². The summed E-state index contributed by atoms with van der Waals surface area (Å²) >= 11 is 0. The third kappa shape index (κ3) is 3.20. The van der Waals surface area contributed by atoms with Gasteiger partial charge in [0.2, 0.25) is 0 Å². The Kier molecular flexibility index (Phi) is 4.17. The van der Waals surface area contributed by atoms with Crippen LogP contribution in [-0.4, -0.2) is 35.0 Å². The van der Waals surface area contributed by atoms with Crippen molar-refractivity contribution in [3.05, 3.63) is 54.9 Å². The fraction of sp³-hybridized carbons (Fsp3) is 0.133. The smallest absolute Gasteiger partial charge is 0.263 e. The second kappa shape index (κ2) is 6.28. The van der Waals surface area contributed by atoms with Crippen LogP contribution in [-0.2, 0) is 10.0 Å². The molecule has 24 heavy (non-hydrogen) atoms. The number of methoxy groups -OCH3 is 1. The van der Waals surface area contributed by atoms with Crippen molar-refractivity contribution in [2.24, 2.45) is 0 Å². The largest absolute Gasteiger partial charge is 0.497 e. The lowest BCUT2D eigenvalue weighted by Crippen LogP contribution is -2.14. The molecule has 0 saturated heterocycles. The molecule has 1 aromatic carbocycles. The molecule has 0 unspecified atom stereocenters. The number of sulfonamides is 1. The highest BCUT2D eigenvalue weighted by atomic mass is 32.2. The normalized spacial score (nSPS) is 11.2. The van der Waals surface area contributed by atoms with E-state index in [1.165, 1.54) is 31.6 Å². The second-order valence-corrected chi connectivity index (χ2v) is 6.57. The Labute approximate surface area is 139 Å². The Morgan fingerprint density at radius 2 is 1.88 bits per heavy atom. The quantitative estimate of drug-likeness (QED) is 0.757. The molecule has 0 aliphatic carbocycles. The van der Waals surface area contributed by atoms with Gasteiger partial charge < -0.3 is 4.74 Å². The van der Waals surface area contributed by atoms with Crippen molar-refractivity contribution in [1.82, 2.24) is 19.5 Å². The first-order chi connectivity index (χ1) is 11.5. The van der Waals surface area contributed by atoms with Gasteiger partial charge in [-0.3, -0.25) is 9.29 Å². The number of aryl methyl sites for hydroxylation is 1. The minimum atomic E-state index is -3.75. The number of nitrogens with zero attached hydrogens (tertiary/aromatic N) is 4. The molecule has 0 aliphatic rings. The molecule has 3 aromatic rings. The lowest BCUT2D eigenvalue weighted by Gasteiger charge is -2.09. The van der Waals surface area contributed by atoms with Crippen LogP contribution in [0.1, 0.15) is 5.82 Å². The Hall–Kier alpha value is -2.94. The molecule has 0 atom stereocenters. The molecule has 0 aliphatic heterocycles. The first-order valence-corrected chi connectivity index (χ1v) is 8.47. The van der Waals surface area contributed by atoms with Crippen molar-refractivity contribution in [1.29, 1.82) is 0 Å². The second-order valence-electron chi connectivity index (χ2n) is 4.89. The van der Waals surface area contributed by atoms with Gasteiger partial charge in [0.15, 0.2) is 0 Å². The molecule has 0 saturated carbocycles.